The highest BCUT2D eigenvalue weighted by Crippen LogP contribution is 2.26. The Kier molecular flexibility index (Phi) is 1.69. The minimum absolute atomic E-state index is 0.262. The number of ketones is 1. The molecule has 2 heterocycles. The monoisotopic (exact) mass is 155 g/mol. The van der Waals surface area contributed by atoms with Crippen LogP contribution < -0.4 is 0 Å². The van der Waals surface area contributed by atoms with Gasteiger partial charge in [-0.2, -0.15) is 0 Å². The van der Waals surface area contributed by atoms with Crippen molar-refractivity contribution in [1.29, 1.82) is 0 Å². The van der Waals surface area contributed by atoms with Gasteiger partial charge in [0.25, 0.3) is 0 Å². The van der Waals surface area contributed by atoms with E-state index in [1.54, 1.807) is 6.92 Å². The van der Waals surface area contributed by atoms with E-state index >= 15 is 0 Å². The molecule has 0 saturated carbocycles. The minimum atomic E-state index is 0.262. The molecule has 0 spiro atoms. The van der Waals surface area contributed by atoms with Gasteiger partial charge in [-0.1, -0.05) is 0 Å². The summed E-state index contributed by atoms with van der Waals surface area (Å²) >= 11 is 0. The van der Waals surface area contributed by atoms with Gasteiger partial charge in [0, 0.05) is 12.6 Å². The molecule has 2 saturated heterocycles. The van der Waals surface area contributed by atoms with Gasteiger partial charge >= 0.3 is 0 Å². The van der Waals surface area contributed by atoms with E-state index in [-0.39, 0.29) is 5.78 Å². The zero-order chi connectivity index (χ0) is 7.84. The van der Waals surface area contributed by atoms with Gasteiger partial charge in [0.15, 0.2) is 0 Å². The third-order valence-corrected chi connectivity index (χ3v) is 2.44. The molecule has 0 amide bonds. The standard InChI is InChI=1S/C8H13NO2/c1-6(10)3-9-4-8-2-7(9)5-11-8/h7-8H,2-5H2,1H3. The summed E-state index contributed by atoms with van der Waals surface area (Å²) in [4.78, 5) is 13.0. The van der Waals surface area contributed by atoms with Crippen molar-refractivity contribution < 1.29 is 9.53 Å². The van der Waals surface area contributed by atoms with Gasteiger partial charge in [0.05, 0.1) is 19.3 Å². The summed E-state index contributed by atoms with van der Waals surface area (Å²) in [6.07, 6.45) is 1.55. The van der Waals surface area contributed by atoms with Crippen LogP contribution in [0.4, 0.5) is 0 Å². The Bertz CT molecular complexity index is 181. The Labute approximate surface area is 66.3 Å². The molecule has 2 unspecified atom stereocenters. The molecule has 62 valence electrons. The number of ether oxygens (including phenoxy) is 1. The van der Waals surface area contributed by atoms with Crippen molar-refractivity contribution in [3.8, 4) is 0 Å². The molecular formula is C8H13NO2. The largest absolute Gasteiger partial charge is 0.375 e. The van der Waals surface area contributed by atoms with Crippen LogP contribution in [0.2, 0.25) is 0 Å². The second-order valence-electron chi connectivity index (χ2n) is 3.48. The number of likely N-dealkylation sites (tertiary alicyclic amines) is 1. The molecular weight excluding hydrogens is 142 g/mol. The SMILES string of the molecule is CC(=O)CN1CC2CC1CO2. The van der Waals surface area contributed by atoms with Gasteiger partial charge < -0.3 is 4.74 Å². The Morgan fingerprint density at radius 1 is 1.73 bits per heavy atom. The second-order valence-corrected chi connectivity index (χ2v) is 3.48. The number of hydrogen-bond donors (Lipinski definition) is 0. The number of carbonyl (C=O) groups is 1. The van der Waals surface area contributed by atoms with Gasteiger partial charge in [-0.05, 0) is 13.3 Å². The first kappa shape index (κ1) is 7.25. The second kappa shape index (κ2) is 2.57. The molecule has 2 atom stereocenters. The van der Waals surface area contributed by atoms with E-state index in [4.69, 9.17) is 4.74 Å². The molecule has 0 aromatic heterocycles. The van der Waals surface area contributed by atoms with Crippen LogP contribution >= 0.6 is 0 Å². The number of carbonyl (C=O) groups excluding carboxylic acids is 1. The van der Waals surface area contributed by atoms with Gasteiger partial charge in [-0.15, -0.1) is 0 Å². The molecule has 3 nitrogen and oxygen atoms in total. The molecule has 3 heteroatoms. The average molecular weight is 155 g/mol. The average Bonchev–Trinajstić information content (AvgIpc) is 2.45. The quantitative estimate of drug-likeness (QED) is 0.564. The Hall–Kier alpha value is -0.410. The van der Waals surface area contributed by atoms with E-state index in [0.717, 1.165) is 19.6 Å². The predicted molar refractivity (Wildman–Crippen MR) is 40.4 cm³/mol. The van der Waals surface area contributed by atoms with Crippen molar-refractivity contribution in [3.63, 3.8) is 0 Å². The number of rotatable bonds is 2. The van der Waals surface area contributed by atoms with E-state index in [2.05, 4.69) is 4.90 Å². The van der Waals surface area contributed by atoms with Crippen molar-refractivity contribution in [3.05, 3.63) is 0 Å². The molecule has 11 heavy (non-hydrogen) atoms. The van der Waals surface area contributed by atoms with Crippen molar-refractivity contribution in [2.45, 2.75) is 25.5 Å². The topological polar surface area (TPSA) is 29.5 Å². The molecule has 2 aliphatic heterocycles. The normalized spacial score (nSPS) is 36.5. The smallest absolute Gasteiger partial charge is 0.143 e. The fourth-order valence-corrected chi connectivity index (χ4v) is 1.96. The van der Waals surface area contributed by atoms with Crippen molar-refractivity contribution >= 4 is 5.78 Å². The van der Waals surface area contributed by atoms with E-state index in [1.807, 2.05) is 0 Å². The fraction of sp³-hybridized carbons (Fsp3) is 0.875. The number of nitrogens with zero attached hydrogens (tertiary/aromatic N) is 1. The number of morpholine rings is 1. The molecule has 2 rings (SSSR count). The first-order valence-corrected chi connectivity index (χ1v) is 4.11. The van der Waals surface area contributed by atoms with Crippen molar-refractivity contribution in [2.24, 2.45) is 0 Å². The number of Topliss-reactive ketones (excluding diaryl/α,β-unsaturated/α-hetero) is 1. The minimum Gasteiger partial charge on any atom is -0.375 e. The van der Waals surface area contributed by atoms with Crippen LogP contribution in [0.15, 0.2) is 0 Å². The molecule has 0 N–H and O–H groups in total. The van der Waals surface area contributed by atoms with E-state index < -0.39 is 0 Å². The van der Waals surface area contributed by atoms with Gasteiger partial charge in [0.1, 0.15) is 5.78 Å². The van der Waals surface area contributed by atoms with Crippen LogP contribution in [-0.2, 0) is 9.53 Å². The molecule has 2 aliphatic rings. The van der Waals surface area contributed by atoms with Crippen LogP contribution in [-0.4, -0.2) is 42.5 Å². The van der Waals surface area contributed by atoms with E-state index in [0.29, 0.717) is 18.7 Å². The lowest BCUT2D eigenvalue weighted by Crippen LogP contribution is -2.39. The fourth-order valence-electron chi connectivity index (χ4n) is 1.96. The van der Waals surface area contributed by atoms with E-state index in [1.165, 1.54) is 0 Å². The third-order valence-electron chi connectivity index (χ3n) is 2.44. The molecule has 2 bridgehead atoms. The molecule has 0 radical (unpaired) electrons. The van der Waals surface area contributed by atoms with Crippen molar-refractivity contribution in [2.75, 3.05) is 19.7 Å². The maximum Gasteiger partial charge on any atom is 0.143 e. The highest BCUT2D eigenvalue weighted by Gasteiger charge is 2.38. The zero-order valence-electron chi connectivity index (χ0n) is 6.75. The van der Waals surface area contributed by atoms with Crippen LogP contribution in [0.5, 0.6) is 0 Å². The summed E-state index contributed by atoms with van der Waals surface area (Å²) in [7, 11) is 0. The number of hydrogen-bond acceptors (Lipinski definition) is 3. The first-order valence-electron chi connectivity index (χ1n) is 4.11. The summed E-state index contributed by atoms with van der Waals surface area (Å²) in [5, 5.41) is 0. The Balaban J connectivity index is 1.92. The lowest BCUT2D eigenvalue weighted by molar-refractivity contribution is -0.119. The highest BCUT2D eigenvalue weighted by molar-refractivity contribution is 5.77. The Morgan fingerprint density at radius 3 is 3.00 bits per heavy atom. The van der Waals surface area contributed by atoms with Crippen molar-refractivity contribution in [1.82, 2.24) is 4.90 Å². The van der Waals surface area contributed by atoms with Crippen LogP contribution in [0.25, 0.3) is 0 Å². The zero-order valence-corrected chi connectivity index (χ0v) is 6.75. The summed E-state index contributed by atoms with van der Waals surface area (Å²) < 4.78 is 5.41. The molecule has 0 aromatic rings. The van der Waals surface area contributed by atoms with Gasteiger partial charge in [0.2, 0.25) is 0 Å². The molecule has 0 aromatic carbocycles. The molecule has 0 aliphatic carbocycles. The third kappa shape index (κ3) is 1.30. The van der Waals surface area contributed by atoms with Gasteiger partial charge in [-0.3, -0.25) is 9.69 Å². The number of fused-ring (bicyclic) bond motifs is 2. The van der Waals surface area contributed by atoms with E-state index in [9.17, 15) is 4.79 Å². The lowest BCUT2D eigenvalue weighted by atomic mass is 10.2. The van der Waals surface area contributed by atoms with Crippen LogP contribution in [0.1, 0.15) is 13.3 Å². The lowest BCUT2D eigenvalue weighted by Gasteiger charge is -2.25. The summed E-state index contributed by atoms with van der Waals surface area (Å²) in [5.74, 6) is 0.262. The Morgan fingerprint density at radius 2 is 2.55 bits per heavy atom. The summed E-state index contributed by atoms with van der Waals surface area (Å²) in [6.45, 7) is 4.06. The highest BCUT2D eigenvalue weighted by atomic mass is 16.5. The van der Waals surface area contributed by atoms with Crippen LogP contribution in [0, 0.1) is 0 Å². The predicted octanol–water partition coefficient (Wildman–Crippen LogP) is 0.0485. The summed E-state index contributed by atoms with van der Waals surface area (Å²) in [5.41, 5.74) is 0. The maximum atomic E-state index is 10.8. The summed E-state index contributed by atoms with van der Waals surface area (Å²) in [6, 6.07) is 0.531. The maximum absolute atomic E-state index is 10.8. The van der Waals surface area contributed by atoms with Crippen LogP contribution in [0.3, 0.4) is 0 Å². The molecule has 2 fully saturated rings. The van der Waals surface area contributed by atoms with Gasteiger partial charge in [-0.25, -0.2) is 0 Å². The first-order chi connectivity index (χ1) is 5.25.